The van der Waals surface area contributed by atoms with Crippen molar-refractivity contribution in [1.82, 2.24) is 20.6 Å². The van der Waals surface area contributed by atoms with E-state index in [0.29, 0.717) is 13.1 Å². The van der Waals surface area contributed by atoms with Gasteiger partial charge in [0, 0.05) is 38.1 Å². The van der Waals surface area contributed by atoms with Gasteiger partial charge >= 0.3 is 6.18 Å². The van der Waals surface area contributed by atoms with Crippen molar-refractivity contribution in [2.75, 3.05) is 31.1 Å². The normalized spacial score (nSPS) is 21.0. The first kappa shape index (κ1) is 15.8. The highest BCUT2D eigenvalue weighted by molar-refractivity contribution is 5.62. The van der Waals surface area contributed by atoms with Crippen molar-refractivity contribution in [2.24, 2.45) is 5.10 Å². The summed E-state index contributed by atoms with van der Waals surface area (Å²) >= 11 is 0. The van der Waals surface area contributed by atoms with Gasteiger partial charge in [-0.15, -0.1) is 0 Å². The Morgan fingerprint density at radius 3 is 2.40 bits per heavy atom. The second-order valence-corrected chi connectivity index (χ2v) is 5.87. The Hall–Kier alpha value is -2.68. The molecule has 0 spiro atoms. The number of anilines is 1. The van der Waals surface area contributed by atoms with E-state index in [-0.39, 0.29) is 5.82 Å². The molecule has 3 heterocycles. The van der Waals surface area contributed by atoms with Crippen molar-refractivity contribution in [3.8, 4) is 0 Å². The summed E-state index contributed by atoms with van der Waals surface area (Å²) in [5.74, 6) is -0.0690. The molecule has 9 heteroatoms. The Bertz CT molecular complexity index is 719. The van der Waals surface area contributed by atoms with Gasteiger partial charge in [0.05, 0.1) is 0 Å². The van der Waals surface area contributed by atoms with Gasteiger partial charge in [0.25, 0.3) is 0 Å². The van der Waals surface area contributed by atoms with E-state index < -0.39 is 11.7 Å². The number of fused-ring (bicyclic) bond motifs is 1. The van der Waals surface area contributed by atoms with E-state index in [2.05, 4.69) is 27.6 Å². The van der Waals surface area contributed by atoms with E-state index in [1.165, 1.54) is 17.5 Å². The minimum atomic E-state index is -4.43. The Kier molecular flexibility index (Phi) is 3.79. The number of hydrazone groups is 1. The Morgan fingerprint density at radius 2 is 1.72 bits per heavy atom. The second-order valence-electron chi connectivity index (χ2n) is 5.87. The van der Waals surface area contributed by atoms with Crippen molar-refractivity contribution in [2.45, 2.75) is 6.18 Å². The number of nitrogens with one attached hydrogen (secondary N) is 1. The predicted molar refractivity (Wildman–Crippen MR) is 87.8 cm³/mol. The Morgan fingerprint density at radius 1 is 1.00 bits per heavy atom. The van der Waals surface area contributed by atoms with Crippen molar-refractivity contribution < 1.29 is 13.2 Å². The summed E-state index contributed by atoms with van der Waals surface area (Å²) in [7, 11) is 0. The van der Waals surface area contributed by atoms with E-state index in [4.69, 9.17) is 0 Å². The van der Waals surface area contributed by atoms with Crippen LogP contribution in [0.25, 0.3) is 0 Å². The molecule has 132 valence electrons. The Labute approximate surface area is 143 Å². The van der Waals surface area contributed by atoms with Gasteiger partial charge in [-0.25, -0.2) is 10.1 Å². The Balaban J connectivity index is 1.47. The quantitative estimate of drug-likeness (QED) is 0.884. The van der Waals surface area contributed by atoms with Gasteiger partial charge in [0.15, 0.2) is 5.82 Å². The summed E-state index contributed by atoms with van der Waals surface area (Å²) < 4.78 is 39.4. The zero-order valence-corrected chi connectivity index (χ0v) is 13.3. The number of piperazine rings is 1. The fraction of sp³-hybridized carbons (Fsp3) is 0.312. The molecule has 1 aromatic rings. The van der Waals surface area contributed by atoms with Gasteiger partial charge in [0.2, 0.25) is 0 Å². The first-order valence-corrected chi connectivity index (χ1v) is 7.96. The zero-order chi connectivity index (χ0) is 17.4. The molecular formula is C16H17F3N6. The molecule has 1 fully saturated rings. The van der Waals surface area contributed by atoms with Crippen molar-refractivity contribution in [3.63, 3.8) is 0 Å². The predicted octanol–water partition coefficient (Wildman–Crippen LogP) is 2.09. The number of alkyl halides is 3. The molecule has 0 saturated carbocycles. The van der Waals surface area contributed by atoms with Crippen molar-refractivity contribution in [3.05, 3.63) is 54.0 Å². The van der Waals surface area contributed by atoms with Gasteiger partial charge in [0.1, 0.15) is 11.9 Å². The fourth-order valence-electron chi connectivity index (χ4n) is 3.14. The third-order valence-electron chi connectivity index (χ3n) is 4.39. The molecule has 0 unspecified atom stereocenters. The number of allylic oxidation sites excluding steroid dienone is 2. The lowest BCUT2D eigenvalue weighted by molar-refractivity contribution is -0.112. The molecule has 1 aromatic carbocycles. The monoisotopic (exact) mass is 350 g/mol. The number of rotatable bonds is 2. The van der Waals surface area contributed by atoms with E-state index in [0.717, 1.165) is 24.9 Å². The SMILES string of the molecule is FC(F)(F)C1=C2NN=CN2N(N2CCN(c3ccccc3)CC2)C=C1. The van der Waals surface area contributed by atoms with Crippen LogP contribution in [0.5, 0.6) is 0 Å². The molecule has 25 heavy (non-hydrogen) atoms. The lowest BCUT2D eigenvalue weighted by Crippen LogP contribution is -2.57. The molecule has 0 aliphatic carbocycles. The van der Waals surface area contributed by atoms with Gasteiger partial charge in [-0.3, -0.25) is 5.43 Å². The van der Waals surface area contributed by atoms with Crippen molar-refractivity contribution >= 4 is 12.0 Å². The van der Waals surface area contributed by atoms with Crippen LogP contribution in [0.3, 0.4) is 0 Å². The number of nitrogens with zero attached hydrogens (tertiary/aromatic N) is 5. The summed E-state index contributed by atoms with van der Waals surface area (Å²) in [5.41, 5.74) is 2.87. The average Bonchev–Trinajstić information content (AvgIpc) is 3.10. The van der Waals surface area contributed by atoms with Crippen LogP contribution >= 0.6 is 0 Å². The van der Waals surface area contributed by atoms with E-state index in [1.807, 2.05) is 23.2 Å². The fourth-order valence-corrected chi connectivity index (χ4v) is 3.14. The first-order chi connectivity index (χ1) is 12.0. The van der Waals surface area contributed by atoms with E-state index in [1.54, 1.807) is 5.12 Å². The summed E-state index contributed by atoms with van der Waals surface area (Å²) in [5, 5.41) is 8.84. The molecule has 1 N–H and O–H groups in total. The first-order valence-electron chi connectivity index (χ1n) is 7.96. The van der Waals surface area contributed by atoms with Crippen LogP contribution in [-0.4, -0.2) is 53.8 Å². The number of hydrazine groups is 2. The highest BCUT2D eigenvalue weighted by atomic mass is 19.4. The maximum absolute atomic E-state index is 13.1. The van der Waals surface area contributed by atoms with E-state index in [9.17, 15) is 13.2 Å². The second kappa shape index (κ2) is 5.99. The maximum Gasteiger partial charge on any atom is 0.420 e. The highest BCUT2D eigenvalue weighted by Crippen LogP contribution is 2.34. The maximum atomic E-state index is 13.1. The third kappa shape index (κ3) is 2.91. The molecule has 0 bridgehead atoms. The van der Waals surface area contributed by atoms with Crippen LogP contribution in [0, 0.1) is 0 Å². The van der Waals surface area contributed by atoms with Crippen LogP contribution in [0.4, 0.5) is 18.9 Å². The third-order valence-corrected chi connectivity index (χ3v) is 4.39. The van der Waals surface area contributed by atoms with Crippen LogP contribution in [0.15, 0.2) is 59.1 Å². The largest absolute Gasteiger partial charge is 0.420 e. The average molecular weight is 350 g/mol. The molecule has 3 aliphatic heterocycles. The number of hydrogen-bond acceptors (Lipinski definition) is 6. The van der Waals surface area contributed by atoms with Crippen LogP contribution in [0.1, 0.15) is 0 Å². The minimum absolute atomic E-state index is 0.0690. The topological polar surface area (TPSA) is 37.4 Å². The van der Waals surface area contributed by atoms with Gasteiger partial charge in [-0.05, 0) is 18.2 Å². The lowest BCUT2D eigenvalue weighted by atomic mass is 10.2. The van der Waals surface area contributed by atoms with E-state index >= 15 is 0 Å². The molecule has 0 radical (unpaired) electrons. The van der Waals surface area contributed by atoms with Crippen molar-refractivity contribution in [1.29, 1.82) is 0 Å². The summed E-state index contributed by atoms with van der Waals surface area (Å²) in [4.78, 5) is 2.26. The van der Waals surface area contributed by atoms with Crippen LogP contribution in [-0.2, 0) is 0 Å². The molecule has 0 aromatic heterocycles. The standard InChI is InChI=1S/C16H17F3N6/c17-16(18,19)14-6-7-25(24-12-20-21-15(14)24)23-10-8-22(9-11-23)13-4-2-1-3-5-13/h1-7,12,21H,8-11H2. The number of hydrogen-bond donors (Lipinski definition) is 1. The lowest BCUT2D eigenvalue weighted by Gasteiger charge is -2.45. The molecule has 0 amide bonds. The van der Waals surface area contributed by atoms with Crippen LogP contribution in [0.2, 0.25) is 0 Å². The van der Waals surface area contributed by atoms with Crippen LogP contribution < -0.4 is 10.3 Å². The number of benzene rings is 1. The molecule has 1 saturated heterocycles. The van der Waals surface area contributed by atoms with Gasteiger partial charge in [-0.1, -0.05) is 18.2 Å². The summed E-state index contributed by atoms with van der Waals surface area (Å²) in [6, 6.07) is 10.1. The number of halogens is 3. The number of para-hydroxylation sites is 1. The molecular weight excluding hydrogens is 333 g/mol. The van der Waals surface area contributed by atoms with Gasteiger partial charge < -0.3 is 4.90 Å². The summed E-state index contributed by atoms with van der Waals surface area (Å²) in [6.07, 6.45) is -0.558. The smallest absolute Gasteiger partial charge is 0.369 e. The molecule has 0 atom stereocenters. The summed E-state index contributed by atoms with van der Waals surface area (Å²) in [6.45, 7) is 2.96. The highest BCUT2D eigenvalue weighted by Gasteiger charge is 2.41. The minimum Gasteiger partial charge on any atom is -0.369 e. The molecule has 4 rings (SSSR count). The molecule has 3 aliphatic rings. The molecule has 6 nitrogen and oxygen atoms in total. The van der Waals surface area contributed by atoms with Gasteiger partial charge in [-0.2, -0.15) is 23.3 Å². The zero-order valence-electron chi connectivity index (χ0n) is 13.3.